The van der Waals surface area contributed by atoms with Crippen molar-refractivity contribution in [2.45, 2.75) is 24.0 Å². The maximum absolute atomic E-state index is 5.88. The fourth-order valence-electron chi connectivity index (χ4n) is 1.78. The lowest BCUT2D eigenvalue weighted by Crippen LogP contribution is -2.09. The second kappa shape index (κ2) is 6.03. The van der Waals surface area contributed by atoms with Gasteiger partial charge < -0.3 is 5.73 Å². The molecule has 0 radical (unpaired) electrons. The second-order valence-corrected chi connectivity index (χ2v) is 5.64. The Balaban J connectivity index is 2.18. The van der Waals surface area contributed by atoms with Crippen molar-refractivity contribution in [2.75, 3.05) is 6.54 Å². The SMILES string of the molecule is Cc1ccc(SC(CN)c2ccncc2)cc1C. The Bertz CT molecular complexity index is 511. The van der Waals surface area contributed by atoms with Gasteiger partial charge in [-0.2, -0.15) is 0 Å². The Kier molecular flexibility index (Phi) is 4.39. The minimum absolute atomic E-state index is 0.287. The number of rotatable bonds is 4. The standard InChI is InChI=1S/C15H18N2S/c1-11-3-4-14(9-12(11)2)18-15(10-16)13-5-7-17-8-6-13/h3-9,15H,10,16H2,1-2H3. The number of nitrogens with two attached hydrogens (primary N) is 1. The third kappa shape index (κ3) is 3.12. The number of pyridine rings is 1. The number of hydrogen-bond acceptors (Lipinski definition) is 3. The predicted molar refractivity (Wildman–Crippen MR) is 77.8 cm³/mol. The van der Waals surface area contributed by atoms with Gasteiger partial charge in [0.1, 0.15) is 0 Å². The Labute approximate surface area is 113 Å². The van der Waals surface area contributed by atoms with Crippen LogP contribution in [-0.2, 0) is 0 Å². The molecule has 0 bridgehead atoms. The average molecular weight is 258 g/mol. The average Bonchev–Trinajstić information content (AvgIpc) is 2.41. The molecule has 1 aromatic heterocycles. The lowest BCUT2D eigenvalue weighted by Gasteiger charge is -2.15. The smallest absolute Gasteiger partial charge is 0.0467 e. The third-order valence-electron chi connectivity index (χ3n) is 3.05. The summed E-state index contributed by atoms with van der Waals surface area (Å²) in [5, 5.41) is 0.287. The quantitative estimate of drug-likeness (QED) is 0.853. The Morgan fingerprint density at radius 3 is 2.44 bits per heavy atom. The lowest BCUT2D eigenvalue weighted by molar-refractivity contribution is 0.936. The Morgan fingerprint density at radius 1 is 1.11 bits per heavy atom. The molecule has 0 amide bonds. The summed E-state index contributed by atoms with van der Waals surface area (Å²) in [7, 11) is 0. The molecular formula is C15H18N2S. The first-order chi connectivity index (χ1) is 8.70. The molecule has 1 unspecified atom stereocenters. The highest BCUT2D eigenvalue weighted by molar-refractivity contribution is 7.99. The van der Waals surface area contributed by atoms with Gasteiger partial charge in [-0.15, -0.1) is 11.8 Å². The monoisotopic (exact) mass is 258 g/mol. The molecule has 94 valence electrons. The second-order valence-electron chi connectivity index (χ2n) is 4.37. The first-order valence-electron chi connectivity index (χ1n) is 6.04. The Hall–Kier alpha value is -1.32. The van der Waals surface area contributed by atoms with Crippen molar-refractivity contribution in [3.63, 3.8) is 0 Å². The summed E-state index contributed by atoms with van der Waals surface area (Å²) in [6, 6.07) is 10.6. The van der Waals surface area contributed by atoms with Crippen LogP contribution in [0.5, 0.6) is 0 Å². The van der Waals surface area contributed by atoms with E-state index >= 15 is 0 Å². The van der Waals surface area contributed by atoms with Gasteiger partial charge in [0.2, 0.25) is 0 Å². The van der Waals surface area contributed by atoms with Crippen molar-refractivity contribution in [3.05, 3.63) is 59.4 Å². The van der Waals surface area contributed by atoms with E-state index in [9.17, 15) is 0 Å². The molecule has 0 aliphatic rings. The zero-order chi connectivity index (χ0) is 13.0. The number of nitrogens with zero attached hydrogens (tertiary/aromatic N) is 1. The maximum atomic E-state index is 5.88. The molecule has 3 heteroatoms. The molecule has 1 aromatic carbocycles. The van der Waals surface area contributed by atoms with Crippen molar-refractivity contribution >= 4 is 11.8 Å². The maximum Gasteiger partial charge on any atom is 0.0467 e. The van der Waals surface area contributed by atoms with Crippen LogP contribution >= 0.6 is 11.8 Å². The van der Waals surface area contributed by atoms with Gasteiger partial charge in [-0.1, -0.05) is 6.07 Å². The van der Waals surface area contributed by atoms with Gasteiger partial charge in [0, 0.05) is 29.1 Å². The minimum Gasteiger partial charge on any atom is -0.329 e. The molecule has 2 nitrogen and oxygen atoms in total. The molecule has 1 heterocycles. The summed E-state index contributed by atoms with van der Waals surface area (Å²) in [6.07, 6.45) is 3.64. The number of aromatic nitrogens is 1. The van der Waals surface area contributed by atoms with Gasteiger partial charge in [-0.05, 0) is 54.8 Å². The van der Waals surface area contributed by atoms with Crippen LogP contribution in [0.4, 0.5) is 0 Å². The van der Waals surface area contributed by atoms with Crippen molar-refractivity contribution < 1.29 is 0 Å². The van der Waals surface area contributed by atoms with Gasteiger partial charge in [0.15, 0.2) is 0 Å². The Morgan fingerprint density at radius 2 is 1.83 bits per heavy atom. The van der Waals surface area contributed by atoms with Crippen LogP contribution in [0.3, 0.4) is 0 Å². The fourth-order valence-corrected chi connectivity index (χ4v) is 2.89. The minimum atomic E-state index is 0.287. The van der Waals surface area contributed by atoms with Crippen LogP contribution < -0.4 is 5.73 Å². The molecule has 0 aliphatic carbocycles. The van der Waals surface area contributed by atoms with Crippen LogP contribution in [0.2, 0.25) is 0 Å². The van der Waals surface area contributed by atoms with Crippen molar-refractivity contribution in [2.24, 2.45) is 5.73 Å². The fraction of sp³-hybridized carbons (Fsp3) is 0.267. The highest BCUT2D eigenvalue weighted by atomic mass is 32.2. The largest absolute Gasteiger partial charge is 0.329 e. The summed E-state index contributed by atoms with van der Waals surface area (Å²) in [4.78, 5) is 5.31. The van der Waals surface area contributed by atoms with Crippen molar-refractivity contribution in [3.8, 4) is 0 Å². The normalized spacial score (nSPS) is 12.4. The van der Waals surface area contributed by atoms with E-state index < -0.39 is 0 Å². The van der Waals surface area contributed by atoms with E-state index in [1.54, 1.807) is 0 Å². The molecule has 0 spiro atoms. The predicted octanol–water partition coefficient (Wildman–Crippen LogP) is 3.49. The van der Waals surface area contributed by atoms with E-state index in [1.165, 1.54) is 21.6 Å². The highest BCUT2D eigenvalue weighted by Crippen LogP contribution is 2.34. The third-order valence-corrected chi connectivity index (χ3v) is 4.32. The molecule has 0 saturated heterocycles. The van der Waals surface area contributed by atoms with Crippen LogP contribution in [0.15, 0.2) is 47.6 Å². The topological polar surface area (TPSA) is 38.9 Å². The van der Waals surface area contributed by atoms with Gasteiger partial charge >= 0.3 is 0 Å². The zero-order valence-corrected chi connectivity index (χ0v) is 11.6. The number of aryl methyl sites for hydroxylation is 2. The molecular weight excluding hydrogens is 240 g/mol. The number of benzene rings is 1. The molecule has 18 heavy (non-hydrogen) atoms. The van der Waals surface area contributed by atoms with E-state index in [4.69, 9.17) is 5.73 Å². The first kappa shape index (κ1) is 13.1. The molecule has 1 atom stereocenters. The van der Waals surface area contributed by atoms with E-state index in [0.717, 1.165) is 0 Å². The van der Waals surface area contributed by atoms with E-state index in [-0.39, 0.29) is 5.25 Å². The van der Waals surface area contributed by atoms with E-state index in [2.05, 4.69) is 37.0 Å². The van der Waals surface area contributed by atoms with Crippen LogP contribution in [0.1, 0.15) is 21.9 Å². The molecule has 2 rings (SSSR count). The summed E-state index contributed by atoms with van der Waals surface area (Å²) in [6.45, 7) is 4.90. The van der Waals surface area contributed by atoms with Crippen molar-refractivity contribution in [1.82, 2.24) is 4.98 Å². The van der Waals surface area contributed by atoms with E-state index in [1.807, 2.05) is 36.3 Å². The van der Waals surface area contributed by atoms with Gasteiger partial charge in [0.05, 0.1) is 0 Å². The van der Waals surface area contributed by atoms with Gasteiger partial charge in [-0.3, -0.25) is 4.98 Å². The molecule has 0 fully saturated rings. The van der Waals surface area contributed by atoms with E-state index in [0.29, 0.717) is 6.54 Å². The zero-order valence-electron chi connectivity index (χ0n) is 10.8. The summed E-state index contributed by atoms with van der Waals surface area (Å²) in [5.74, 6) is 0. The molecule has 2 N–H and O–H groups in total. The number of thioether (sulfide) groups is 1. The van der Waals surface area contributed by atoms with Crippen molar-refractivity contribution in [1.29, 1.82) is 0 Å². The van der Waals surface area contributed by atoms with Crippen LogP contribution in [-0.4, -0.2) is 11.5 Å². The highest BCUT2D eigenvalue weighted by Gasteiger charge is 2.11. The molecule has 0 saturated carbocycles. The molecule has 2 aromatic rings. The van der Waals surface area contributed by atoms with Gasteiger partial charge in [-0.25, -0.2) is 0 Å². The molecule has 0 aliphatic heterocycles. The first-order valence-corrected chi connectivity index (χ1v) is 6.92. The van der Waals surface area contributed by atoms with Crippen LogP contribution in [0, 0.1) is 13.8 Å². The summed E-state index contributed by atoms with van der Waals surface area (Å²) < 4.78 is 0. The summed E-state index contributed by atoms with van der Waals surface area (Å²) >= 11 is 1.81. The van der Waals surface area contributed by atoms with Gasteiger partial charge in [0.25, 0.3) is 0 Å². The lowest BCUT2D eigenvalue weighted by atomic mass is 10.1. The number of hydrogen-bond donors (Lipinski definition) is 1. The van der Waals surface area contributed by atoms with Crippen LogP contribution in [0.25, 0.3) is 0 Å². The summed E-state index contributed by atoms with van der Waals surface area (Å²) in [5.41, 5.74) is 9.76.